The Bertz CT molecular complexity index is 1920. The first kappa shape index (κ1) is 24.0. The summed E-state index contributed by atoms with van der Waals surface area (Å²) in [7, 11) is 0. The van der Waals surface area contributed by atoms with E-state index in [-0.39, 0.29) is 17.5 Å². The van der Waals surface area contributed by atoms with E-state index in [9.17, 15) is 0 Å². The zero-order chi connectivity index (χ0) is 27.6. The molecule has 2 unspecified atom stereocenters. The highest BCUT2D eigenvalue weighted by Crippen LogP contribution is 2.51. The second-order valence-electron chi connectivity index (χ2n) is 12.0. The Morgan fingerprint density at radius 2 is 1.00 bits per heavy atom. The zero-order valence-electron chi connectivity index (χ0n) is 23.4. The summed E-state index contributed by atoms with van der Waals surface area (Å²) in [6, 6.07) is 49.0. The zero-order valence-corrected chi connectivity index (χ0v) is 23.4. The number of benzene rings is 6. The van der Waals surface area contributed by atoms with Crippen LogP contribution in [0.1, 0.15) is 48.2 Å². The summed E-state index contributed by atoms with van der Waals surface area (Å²) in [6.07, 6.45) is 0. The van der Waals surface area contributed by atoms with Gasteiger partial charge in [0.15, 0.2) is 0 Å². The Labute approximate surface area is 241 Å². The van der Waals surface area contributed by atoms with Gasteiger partial charge in [0.2, 0.25) is 0 Å². The SMILES string of the molecule is CC1(C)c2cc(-c3ccc4c(c3)NC(c3ccccc3)C(c3ccccc3)N4)ccc2-c2cc3ccccc3cc21. The number of anilines is 2. The maximum atomic E-state index is 3.91. The predicted molar refractivity (Wildman–Crippen MR) is 173 cm³/mol. The minimum atomic E-state index is -0.0555. The molecule has 0 saturated heterocycles. The molecule has 6 aromatic rings. The van der Waals surface area contributed by atoms with Gasteiger partial charge in [0.1, 0.15) is 0 Å². The summed E-state index contributed by atoms with van der Waals surface area (Å²) in [4.78, 5) is 0. The summed E-state index contributed by atoms with van der Waals surface area (Å²) in [6.45, 7) is 4.73. The van der Waals surface area contributed by atoms with Crippen molar-refractivity contribution in [2.75, 3.05) is 10.6 Å². The van der Waals surface area contributed by atoms with Crippen LogP contribution >= 0.6 is 0 Å². The predicted octanol–water partition coefficient (Wildman–Crippen LogP) is 10.1. The van der Waals surface area contributed by atoms with Gasteiger partial charge in [-0.15, -0.1) is 0 Å². The topological polar surface area (TPSA) is 24.1 Å². The lowest BCUT2D eigenvalue weighted by Crippen LogP contribution is -2.30. The van der Waals surface area contributed by atoms with Crippen LogP contribution in [0.3, 0.4) is 0 Å². The largest absolute Gasteiger partial charge is 0.374 e. The third kappa shape index (κ3) is 3.86. The van der Waals surface area contributed by atoms with Crippen LogP contribution in [0.2, 0.25) is 0 Å². The molecule has 0 spiro atoms. The summed E-state index contributed by atoms with van der Waals surface area (Å²) in [5.41, 5.74) is 12.8. The lowest BCUT2D eigenvalue weighted by molar-refractivity contribution is 0.636. The van der Waals surface area contributed by atoms with Crippen molar-refractivity contribution < 1.29 is 0 Å². The minimum Gasteiger partial charge on any atom is -0.374 e. The fraction of sp³-hybridized carbons (Fsp3) is 0.128. The molecule has 0 fully saturated rings. The van der Waals surface area contributed by atoms with Crippen molar-refractivity contribution in [2.45, 2.75) is 31.3 Å². The molecule has 0 saturated carbocycles. The third-order valence-electron chi connectivity index (χ3n) is 9.17. The number of hydrogen-bond acceptors (Lipinski definition) is 2. The monoisotopic (exact) mass is 528 g/mol. The van der Waals surface area contributed by atoms with Crippen LogP contribution in [0.15, 0.2) is 133 Å². The standard InChI is InChI=1S/C39H32N2/c1-39(2)33-23-29(17-19-31(33)32-21-27-15-9-10-16-28(27)22-34(32)39)30-18-20-35-36(24-30)41-38(26-13-7-4-8-14-26)37(40-35)25-11-5-3-6-12-25/h3-24,37-38,40-41H,1-2H3. The second kappa shape index (κ2) is 9.11. The van der Waals surface area contributed by atoms with E-state index < -0.39 is 0 Å². The van der Waals surface area contributed by atoms with E-state index in [2.05, 4.69) is 158 Å². The molecule has 0 radical (unpaired) electrons. The quantitative estimate of drug-likeness (QED) is 0.239. The van der Waals surface area contributed by atoms with E-state index in [4.69, 9.17) is 0 Å². The van der Waals surface area contributed by atoms with Gasteiger partial charge < -0.3 is 10.6 Å². The van der Waals surface area contributed by atoms with E-state index >= 15 is 0 Å². The number of rotatable bonds is 3. The fourth-order valence-corrected chi connectivity index (χ4v) is 6.94. The van der Waals surface area contributed by atoms with Crippen molar-refractivity contribution in [1.29, 1.82) is 0 Å². The Balaban J connectivity index is 1.19. The molecule has 2 aliphatic rings. The molecule has 2 atom stereocenters. The molecule has 2 N–H and O–H groups in total. The highest BCUT2D eigenvalue weighted by atomic mass is 15.1. The molecular formula is C39H32N2. The number of fused-ring (bicyclic) bond motifs is 5. The van der Waals surface area contributed by atoms with Crippen molar-refractivity contribution in [3.8, 4) is 22.3 Å². The van der Waals surface area contributed by atoms with Gasteiger partial charge in [-0.2, -0.15) is 0 Å². The van der Waals surface area contributed by atoms with Crippen LogP contribution in [0.25, 0.3) is 33.0 Å². The number of nitrogens with one attached hydrogen (secondary N) is 2. The maximum Gasteiger partial charge on any atom is 0.0758 e. The van der Waals surface area contributed by atoms with Crippen LogP contribution in [0.5, 0.6) is 0 Å². The molecule has 8 rings (SSSR count). The minimum absolute atomic E-state index is 0.0555. The highest BCUT2D eigenvalue weighted by Gasteiger charge is 2.36. The summed E-state index contributed by atoms with van der Waals surface area (Å²) < 4.78 is 0. The first-order valence-corrected chi connectivity index (χ1v) is 14.5. The van der Waals surface area contributed by atoms with E-state index in [1.807, 2.05) is 0 Å². The summed E-state index contributed by atoms with van der Waals surface area (Å²) >= 11 is 0. The Kier molecular flexibility index (Phi) is 5.33. The molecular weight excluding hydrogens is 496 g/mol. The first-order chi connectivity index (χ1) is 20.1. The molecule has 2 heteroatoms. The smallest absolute Gasteiger partial charge is 0.0758 e. The van der Waals surface area contributed by atoms with Gasteiger partial charge in [-0.05, 0) is 85.6 Å². The summed E-state index contributed by atoms with van der Waals surface area (Å²) in [5.74, 6) is 0. The van der Waals surface area contributed by atoms with Crippen LogP contribution in [0, 0.1) is 0 Å². The van der Waals surface area contributed by atoms with Gasteiger partial charge in [-0.1, -0.05) is 117 Å². The van der Waals surface area contributed by atoms with Crippen molar-refractivity contribution in [3.05, 3.63) is 156 Å². The van der Waals surface area contributed by atoms with E-state index in [0.29, 0.717) is 0 Å². The van der Waals surface area contributed by atoms with Crippen LogP contribution in [0.4, 0.5) is 11.4 Å². The van der Waals surface area contributed by atoms with Gasteiger partial charge in [0.25, 0.3) is 0 Å². The molecule has 41 heavy (non-hydrogen) atoms. The molecule has 1 aliphatic carbocycles. The first-order valence-electron chi connectivity index (χ1n) is 14.5. The third-order valence-corrected chi connectivity index (χ3v) is 9.17. The molecule has 0 amide bonds. The summed E-state index contributed by atoms with van der Waals surface area (Å²) in [5, 5.41) is 10.4. The normalized spacial score (nSPS) is 18.1. The van der Waals surface area contributed by atoms with Crippen molar-refractivity contribution in [3.63, 3.8) is 0 Å². The Morgan fingerprint density at radius 3 is 1.68 bits per heavy atom. The molecule has 0 aromatic heterocycles. The molecule has 0 bridgehead atoms. The lowest BCUT2D eigenvalue weighted by Gasteiger charge is -2.37. The molecule has 1 aliphatic heterocycles. The second-order valence-corrected chi connectivity index (χ2v) is 12.0. The van der Waals surface area contributed by atoms with Crippen molar-refractivity contribution in [2.24, 2.45) is 0 Å². The highest BCUT2D eigenvalue weighted by molar-refractivity contribution is 5.94. The molecule has 6 aromatic carbocycles. The van der Waals surface area contributed by atoms with Crippen molar-refractivity contribution >= 4 is 22.1 Å². The van der Waals surface area contributed by atoms with Gasteiger partial charge in [0.05, 0.1) is 23.5 Å². The molecule has 1 heterocycles. The van der Waals surface area contributed by atoms with Gasteiger partial charge >= 0.3 is 0 Å². The van der Waals surface area contributed by atoms with Crippen LogP contribution < -0.4 is 10.6 Å². The maximum absolute atomic E-state index is 3.91. The van der Waals surface area contributed by atoms with Crippen LogP contribution in [-0.2, 0) is 5.41 Å². The number of hydrogen-bond donors (Lipinski definition) is 2. The average molecular weight is 529 g/mol. The van der Waals surface area contributed by atoms with E-state index in [1.165, 1.54) is 55.3 Å². The van der Waals surface area contributed by atoms with Gasteiger partial charge in [-0.3, -0.25) is 0 Å². The van der Waals surface area contributed by atoms with Gasteiger partial charge in [0, 0.05) is 5.41 Å². The average Bonchev–Trinajstić information content (AvgIpc) is 3.25. The van der Waals surface area contributed by atoms with Crippen molar-refractivity contribution in [1.82, 2.24) is 0 Å². The molecule has 198 valence electrons. The van der Waals surface area contributed by atoms with E-state index in [0.717, 1.165) is 11.4 Å². The van der Waals surface area contributed by atoms with Crippen LogP contribution in [-0.4, -0.2) is 0 Å². The Morgan fingerprint density at radius 1 is 0.463 bits per heavy atom. The molecule has 2 nitrogen and oxygen atoms in total. The van der Waals surface area contributed by atoms with E-state index in [1.54, 1.807) is 0 Å². The Hall–Kier alpha value is -4.82. The van der Waals surface area contributed by atoms with Gasteiger partial charge in [-0.25, -0.2) is 0 Å². The fourth-order valence-electron chi connectivity index (χ4n) is 6.94. The lowest BCUT2D eigenvalue weighted by atomic mass is 9.81.